The summed E-state index contributed by atoms with van der Waals surface area (Å²) in [5.74, 6) is 1.69. The Balaban J connectivity index is 1.63. The van der Waals surface area contributed by atoms with Crippen LogP contribution in [-0.4, -0.2) is 43.5 Å². The molecule has 3 aliphatic heterocycles. The third-order valence-electron chi connectivity index (χ3n) is 6.02. The van der Waals surface area contributed by atoms with E-state index in [9.17, 15) is 4.79 Å². The average molecular weight is 361 g/mol. The number of rotatable bonds is 5. The molecule has 3 aliphatic rings. The van der Waals surface area contributed by atoms with Crippen molar-refractivity contribution in [2.24, 2.45) is 0 Å². The van der Waals surface area contributed by atoms with Gasteiger partial charge in [0.2, 0.25) is 0 Å². The van der Waals surface area contributed by atoms with Crippen LogP contribution in [0.3, 0.4) is 0 Å². The lowest BCUT2D eigenvalue weighted by Gasteiger charge is -2.47. The fourth-order valence-electron chi connectivity index (χ4n) is 5.03. The number of para-hydroxylation sites is 1. The smallest absolute Gasteiger partial charge is 0.305 e. The lowest BCUT2D eigenvalue weighted by molar-refractivity contribution is -0.143. The van der Waals surface area contributed by atoms with Crippen molar-refractivity contribution >= 4 is 23.4 Å². The summed E-state index contributed by atoms with van der Waals surface area (Å²) in [4.78, 5) is 16.0. The zero-order valence-electron chi connectivity index (χ0n) is 15.1. The first kappa shape index (κ1) is 17.2. The molecular weight excluding hydrogens is 332 g/mol. The standard InChI is InChI=1S/C20H28N2O2S/c1-2-24-18(23)8-4-9-20-10-11-21-14-16(20)15-6-3-7-17-19(15)22(20)12-5-13-25-17/h3,6-7,16,21H,2,4-5,8-14H2,1H3/t16-,20-/m0/s1. The summed E-state index contributed by atoms with van der Waals surface area (Å²) in [6.45, 7) is 5.63. The highest BCUT2D eigenvalue weighted by atomic mass is 32.2. The van der Waals surface area contributed by atoms with Gasteiger partial charge in [-0.1, -0.05) is 12.1 Å². The third kappa shape index (κ3) is 2.95. The zero-order valence-corrected chi connectivity index (χ0v) is 15.9. The minimum atomic E-state index is -0.0491. The molecule has 0 unspecified atom stereocenters. The van der Waals surface area contributed by atoms with E-state index in [0.29, 0.717) is 18.9 Å². The van der Waals surface area contributed by atoms with E-state index in [1.165, 1.54) is 34.7 Å². The maximum Gasteiger partial charge on any atom is 0.305 e. The van der Waals surface area contributed by atoms with Crippen LogP contribution >= 0.6 is 11.8 Å². The summed E-state index contributed by atoms with van der Waals surface area (Å²) < 4.78 is 5.14. The van der Waals surface area contributed by atoms with Crippen molar-refractivity contribution in [2.45, 2.75) is 55.4 Å². The first-order valence-corrected chi connectivity index (χ1v) is 10.6. The van der Waals surface area contributed by atoms with Crippen molar-refractivity contribution in [3.8, 4) is 0 Å². The van der Waals surface area contributed by atoms with E-state index < -0.39 is 0 Å². The van der Waals surface area contributed by atoms with Gasteiger partial charge < -0.3 is 15.0 Å². The topological polar surface area (TPSA) is 41.6 Å². The molecule has 2 atom stereocenters. The van der Waals surface area contributed by atoms with Crippen molar-refractivity contribution < 1.29 is 9.53 Å². The highest BCUT2D eigenvalue weighted by Crippen LogP contribution is 2.56. The number of carbonyl (C=O) groups is 1. The van der Waals surface area contributed by atoms with Crippen LogP contribution in [0, 0.1) is 0 Å². The van der Waals surface area contributed by atoms with Crippen LogP contribution < -0.4 is 10.2 Å². The van der Waals surface area contributed by atoms with Gasteiger partial charge in [-0.3, -0.25) is 4.79 Å². The predicted octanol–water partition coefficient (Wildman–Crippen LogP) is 3.55. The molecule has 0 radical (unpaired) electrons. The van der Waals surface area contributed by atoms with Crippen molar-refractivity contribution in [1.82, 2.24) is 5.32 Å². The van der Waals surface area contributed by atoms with E-state index in [-0.39, 0.29) is 11.5 Å². The molecule has 0 aliphatic carbocycles. The van der Waals surface area contributed by atoms with Crippen LogP contribution in [0.1, 0.15) is 50.5 Å². The van der Waals surface area contributed by atoms with Crippen LogP contribution in [0.5, 0.6) is 0 Å². The molecule has 0 spiro atoms. The second-order valence-electron chi connectivity index (χ2n) is 7.32. The van der Waals surface area contributed by atoms with E-state index in [0.717, 1.165) is 32.5 Å². The van der Waals surface area contributed by atoms with Gasteiger partial charge in [0, 0.05) is 35.9 Å². The van der Waals surface area contributed by atoms with Crippen LogP contribution in [0.25, 0.3) is 0 Å². The number of piperidine rings is 1. The molecule has 1 aromatic carbocycles. The minimum Gasteiger partial charge on any atom is -0.466 e. The molecule has 25 heavy (non-hydrogen) atoms. The summed E-state index contributed by atoms with van der Waals surface area (Å²) in [7, 11) is 0. The summed E-state index contributed by atoms with van der Waals surface area (Å²) in [5, 5.41) is 3.62. The first-order chi connectivity index (χ1) is 12.3. The number of anilines is 1. The third-order valence-corrected chi connectivity index (χ3v) is 7.16. The normalized spacial score (nSPS) is 27.4. The fraction of sp³-hybridized carbons (Fsp3) is 0.650. The fourth-order valence-corrected chi connectivity index (χ4v) is 6.06. The molecule has 0 bridgehead atoms. The molecule has 1 saturated heterocycles. The molecule has 4 nitrogen and oxygen atoms in total. The Morgan fingerprint density at radius 2 is 2.40 bits per heavy atom. The van der Waals surface area contributed by atoms with Crippen molar-refractivity contribution in [3.63, 3.8) is 0 Å². The van der Waals surface area contributed by atoms with Crippen molar-refractivity contribution in [1.29, 1.82) is 0 Å². The molecule has 136 valence electrons. The second-order valence-corrected chi connectivity index (χ2v) is 8.45. The van der Waals surface area contributed by atoms with Crippen LogP contribution in [0.2, 0.25) is 0 Å². The molecule has 4 rings (SSSR count). The van der Waals surface area contributed by atoms with Gasteiger partial charge in [0.1, 0.15) is 0 Å². The quantitative estimate of drug-likeness (QED) is 0.813. The van der Waals surface area contributed by atoms with E-state index in [2.05, 4.69) is 28.4 Å². The Kier molecular flexibility index (Phi) is 4.96. The number of thioether (sulfide) groups is 1. The molecule has 3 heterocycles. The first-order valence-electron chi connectivity index (χ1n) is 9.66. The largest absolute Gasteiger partial charge is 0.466 e. The van der Waals surface area contributed by atoms with Gasteiger partial charge in [0.25, 0.3) is 0 Å². The lowest BCUT2D eigenvalue weighted by atomic mass is 9.74. The summed E-state index contributed by atoms with van der Waals surface area (Å²) in [6, 6.07) is 6.86. The number of nitrogens with one attached hydrogen (secondary N) is 1. The summed E-state index contributed by atoms with van der Waals surface area (Å²) in [6.07, 6.45) is 4.94. The number of hydrogen-bond donors (Lipinski definition) is 1. The Labute approximate surface area is 154 Å². The highest BCUT2D eigenvalue weighted by molar-refractivity contribution is 7.99. The monoisotopic (exact) mass is 360 g/mol. The molecule has 1 aromatic rings. The number of benzene rings is 1. The van der Waals surface area contributed by atoms with Gasteiger partial charge in [-0.15, -0.1) is 11.8 Å². The predicted molar refractivity (Wildman–Crippen MR) is 103 cm³/mol. The number of ether oxygens (including phenoxy) is 1. The Morgan fingerprint density at radius 3 is 3.28 bits per heavy atom. The molecule has 0 aromatic heterocycles. The van der Waals surface area contributed by atoms with Gasteiger partial charge in [0.05, 0.1) is 12.3 Å². The maximum absolute atomic E-state index is 11.8. The van der Waals surface area contributed by atoms with Gasteiger partial charge in [-0.2, -0.15) is 0 Å². The highest BCUT2D eigenvalue weighted by Gasteiger charge is 2.52. The number of fused-ring (bicyclic) bond motifs is 3. The number of hydrogen-bond acceptors (Lipinski definition) is 5. The van der Waals surface area contributed by atoms with E-state index >= 15 is 0 Å². The maximum atomic E-state index is 11.8. The molecular formula is C20H28N2O2S. The number of nitrogens with zero attached hydrogens (tertiary/aromatic N) is 1. The Hall–Kier alpha value is -1.20. The van der Waals surface area contributed by atoms with Gasteiger partial charge >= 0.3 is 5.97 Å². The SMILES string of the molecule is CCOC(=O)CCC[C@]12CCNC[C@H]1c1cccc3c1N2CCCS3. The summed E-state index contributed by atoms with van der Waals surface area (Å²) in [5.41, 5.74) is 3.20. The van der Waals surface area contributed by atoms with Gasteiger partial charge in [-0.25, -0.2) is 0 Å². The Morgan fingerprint density at radius 1 is 1.48 bits per heavy atom. The molecule has 5 heteroatoms. The van der Waals surface area contributed by atoms with Crippen LogP contribution in [-0.2, 0) is 9.53 Å². The van der Waals surface area contributed by atoms with Gasteiger partial charge in [0.15, 0.2) is 0 Å². The van der Waals surface area contributed by atoms with E-state index in [4.69, 9.17) is 4.74 Å². The average Bonchev–Trinajstić information content (AvgIpc) is 2.75. The van der Waals surface area contributed by atoms with Crippen molar-refractivity contribution in [3.05, 3.63) is 23.8 Å². The molecule has 1 fully saturated rings. The van der Waals surface area contributed by atoms with Crippen LogP contribution in [0.15, 0.2) is 23.1 Å². The van der Waals surface area contributed by atoms with E-state index in [1.807, 2.05) is 18.7 Å². The second kappa shape index (κ2) is 7.20. The lowest BCUT2D eigenvalue weighted by Crippen LogP contribution is -2.56. The van der Waals surface area contributed by atoms with Crippen molar-refractivity contribution in [2.75, 3.05) is 36.9 Å². The van der Waals surface area contributed by atoms with Gasteiger partial charge in [-0.05, 0) is 56.5 Å². The molecule has 0 amide bonds. The zero-order chi connectivity index (χ0) is 17.3. The molecule has 0 saturated carbocycles. The number of esters is 1. The minimum absolute atomic E-state index is 0.0491. The number of carbonyl (C=O) groups excluding carboxylic acids is 1. The van der Waals surface area contributed by atoms with E-state index in [1.54, 1.807) is 0 Å². The van der Waals surface area contributed by atoms with Crippen LogP contribution in [0.4, 0.5) is 5.69 Å². The Bertz CT molecular complexity index is 651. The molecule has 1 N–H and O–H groups in total. The summed E-state index contributed by atoms with van der Waals surface area (Å²) >= 11 is 2.01.